The molecule has 3 aliphatic heterocycles. The molecule has 33 heavy (non-hydrogen) atoms. The summed E-state index contributed by atoms with van der Waals surface area (Å²) in [7, 11) is 6.01. The Morgan fingerprint density at radius 2 is 2.15 bits per heavy atom. The van der Waals surface area contributed by atoms with Crippen molar-refractivity contribution in [3.8, 4) is 5.88 Å². The van der Waals surface area contributed by atoms with Gasteiger partial charge in [0.2, 0.25) is 5.88 Å². The maximum Gasteiger partial charge on any atom is 0.213 e. The van der Waals surface area contributed by atoms with Gasteiger partial charge in [-0.1, -0.05) is 5.73 Å². The quantitative estimate of drug-likeness (QED) is 0.512. The number of nitrogens with one attached hydrogen (secondary N) is 1. The van der Waals surface area contributed by atoms with Gasteiger partial charge in [-0.2, -0.15) is 0 Å². The van der Waals surface area contributed by atoms with Crippen molar-refractivity contribution in [3.63, 3.8) is 0 Å². The van der Waals surface area contributed by atoms with Gasteiger partial charge < -0.3 is 24.6 Å². The molecule has 174 valence electrons. The van der Waals surface area contributed by atoms with Crippen molar-refractivity contribution in [1.29, 1.82) is 0 Å². The molecule has 1 aromatic heterocycles. The first-order valence-electron chi connectivity index (χ1n) is 11.7. The molecule has 2 saturated heterocycles. The van der Waals surface area contributed by atoms with E-state index in [-0.39, 0.29) is 5.92 Å². The highest BCUT2D eigenvalue weighted by atomic mass is 16.5. The van der Waals surface area contributed by atoms with Gasteiger partial charge in [0, 0.05) is 62.7 Å². The Morgan fingerprint density at radius 3 is 2.79 bits per heavy atom. The SMILES string of the molecule is CNCCOc1ccc(C2=NC3=CC(N(C)C)=C=C(C)C3C(N3CCC4(COC4)C3)=C2)cn1. The monoisotopic (exact) mass is 447 g/mol. The molecular weight excluding hydrogens is 414 g/mol. The molecule has 7 nitrogen and oxygen atoms in total. The third kappa shape index (κ3) is 4.24. The van der Waals surface area contributed by atoms with Gasteiger partial charge in [0.15, 0.2) is 0 Å². The number of fused-ring (bicyclic) bond motifs is 1. The zero-order valence-electron chi connectivity index (χ0n) is 20.0. The molecule has 1 aromatic rings. The van der Waals surface area contributed by atoms with Crippen molar-refractivity contribution in [2.24, 2.45) is 16.3 Å². The van der Waals surface area contributed by atoms with E-state index in [1.54, 1.807) is 0 Å². The summed E-state index contributed by atoms with van der Waals surface area (Å²) in [4.78, 5) is 14.3. The molecule has 0 radical (unpaired) electrons. The van der Waals surface area contributed by atoms with E-state index in [0.717, 1.165) is 55.5 Å². The van der Waals surface area contributed by atoms with Gasteiger partial charge in [-0.05, 0) is 44.2 Å². The first-order valence-corrected chi connectivity index (χ1v) is 11.7. The smallest absolute Gasteiger partial charge is 0.213 e. The van der Waals surface area contributed by atoms with E-state index in [4.69, 9.17) is 14.5 Å². The summed E-state index contributed by atoms with van der Waals surface area (Å²) in [5.74, 6) is 0.776. The van der Waals surface area contributed by atoms with Gasteiger partial charge in [0.1, 0.15) is 6.61 Å². The zero-order valence-corrected chi connectivity index (χ0v) is 20.0. The van der Waals surface area contributed by atoms with E-state index in [1.807, 2.05) is 19.3 Å². The van der Waals surface area contributed by atoms with Gasteiger partial charge in [-0.3, -0.25) is 4.99 Å². The van der Waals surface area contributed by atoms with Crippen LogP contribution in [0.5, 0.6) is 5.88 Å². The van der Waals surface area contributed by atoms with Crippen LogP contribution in [-0.4, -0.2) is 81.1 Å². The molecule has 0 amide bonds. The van der Waals surface area contributed by atoms with Crippen molar-refractivity contribution < 1.29 is 9.47 Å². The predicted molar refractivity (Wildman–Crippen MR) is 129 cm³/mol. The van der Waals surface area contributed by atoms with Gasteiger partial charge in [0.05, 0.1) is 36.2 Å². The number of pyridine rings is 1. The summed E-state index contributed by atoms with van der Waals surface area (Å²) in [5, 5.41) is 3.08. The number of hydrogen-bond acceptors (Lipinski definition) is 7. The highest BCUT2D eigenvalue weighted by molar-refractivity contribution is 6.10. The Kier molecular flexibility index (Phi) is 5.87. The van der Waals surface area contributed by atoms with E-state index >= 15 is 0 Å². The van der Waals surface area contributed by atoms with E-state index in [0.29, 0.717) is 17.9 Å². The van der Waals surface area contributed by atoms with Crippen molar-refractivity contribution in [2.75, 3.05) is 60.6 Å². The normalized spacial score (nSPS) is 23.1. The van der Waals surface area contributed by atoms with Crippen LogP contribution < -0.4 is 10.1 Å². The van der Waals surface area contributed by atoms with Crippen LogP contribution in [0.25, 0.3) is 0 Å². The van der Waals surface area contributed by atoms with Gasteiger partial charge in [-0.15, -0.1) is 0 Å². The lowest BCUT2D eigenvalue weighted by Crippen LogP contribution is -2.45. The molecule has 2 fully saturated rings. The number of aromatic nitrogens is 1. The summed E-state index contributed by atoms with van der Waals surface area (Å²) >= 11 is 0. The van der Waals surface area contributed by atoms with E-state index in [2.05, 4.69) is 65.1 Å². The molecule has 4 heterocycles. The van der Waals surface area contributed by atoms with Crippen LogP contribution in [0.3, 0.4) is 0 Å². The van der Waals surface area contributed by atoms with Crippen LogP contribution in [0.15, 0.2) is 63.9 Å². The van der Waals surface area contributed by atoms with Gasteiger partial charge >= 0.3 is 0 Å². The fourth-order valence-electron chi connectivity index (χ4n) is 4.94. The minimum atomic E-state index is 0.144. The molecule has 0 saturated carbocycles. The maximum atomic E-state index is 5.69. The molecule has 1 N–H and O–H groups in total. The summed E-state index contributed by atoms with van der Waals surface area (Å²) in [5.41, 5.74) is 10.5. The van der Waals surface area contributed by atoms with Gasteiger partial charge in [0.25, 0.3) is 0 Å². The average molecular weight is 448 g/mol. The molecule has 7 heteroatoms. The lowest BCUT2D eigenvalue weighted by atomic mass is 9.84. The number of hydrogen-bond donors (Lipinski definition) is 1. The number of dihydropyridines is 1. The Bertz CT molecular complexity index is 1070. The standard InChI is InChI=1S/C26H33N5O2/c1-18-11-20(30(3)4)12-22-25(18)23(31-9-7-26(15-31)16-32-17-26)13-21(29-22)19-5-6-24(28-14-19)33-10-8-27-2/h5-6,12-14,25,27H,7-10,15-17H2,1-4H3. The van der Waals surface area contributed by atoms with Crippen LogP contribution in [0.4, 0.5) is 0 Å². The van der Waals surface area contributed by atoms with E-state index < -0.39 is 0 Å². The Hall–Kier alpha value is -2.86. The van der Waals surface area contributed by atoms with Crippen LogP contribution >= 0.6 is 0 Å². The second-order valence-electron chi connectivity index (χ2n) is 9.66. The summed E-state index contributed by atoms with van der Waals surface area (Å²) in [6.45, 7) is 7.41. The number of likely N-dealkylation sites (N-methyl/N-ethyl adjacent to an activating group) is 2. The third-order valence-electron chi connectivity index (χ3n) is 6.90. The number of allylic oxidation sites excluding steroid dienone is 1. The summed E-state index contributed by atoms with van der Waals surface area (Å²) < 4.78 is 11.3. The largest absolute Gasteiger partial charge is 0.476 e. The van der Waals surface area contributed by atoms with E-state index in [1.165, 1.54) is 17.7 Å². The summed E-state index contributed by atoms with van der Waals surface area (Å²) in [6, 6.07) is 3.98. The molecule has 0 bridgehead atoms. The lowest BCUT2D eigenvalue weighted by molar-refractivity contribution is -0.104. The minimum absolute atomic E-state index is 0.144. The molecule has 1 aliphatic carbocycles. The molecule has 5 rings (SSSR count). The van der Waals surface area contributed by atoms with E-state index in [9.17, 15) is 0 Å². The third-order valence-corrected chi connectivity index (χ3v) is 6.90. The maximum absolute atomic E-state index is 5.69. The molecule has 0 aromatic carbocycles. The molecule has 4 aliphatic rings. The number of nitrogens with zero attached hydrogens (tertiary/aromatic N) is 4. The molecule has 1 atom stereocenters. The molecular formula is C26H33N5O2. The number of aliphatic imine (C=N–C) groups is 1. The van der Waals surface area contributed by atoms with Crippen molar-refractivity contribution in [1.82, 2.24) is 20.1 Å². The fraction of sp³-hybridized carbons (Fsp3) is 0.500. The summed E-state index contributed by atoms with van der Waals surface area (Å²) in [6.07, 6.45) is 7.48. The first kappa shape index (κ1) is 22.0. The van der Waals surface area contributed by atoms with Gasteiger partial charge in [-0.25, -0.2) is 4.98 Å². The Morgan fingerprint density at radius 1 is 1.30 bits per heavy atom. The topological polar surface area (TPSA) is 62.2 Å². The van der Waals surface area contributed by atoms with Crippen molar-refractivity contribution >= 4 is 5.71 Å². The van der Waals surface area contributed by atoms with Crippen LogP contribution in [0.2, 0.25) is 0 Å². The second kappa shape index (κ2) is 8.82. The second-order valence-corrected chi connectivity index (χ2v) is 9.66. The highest BCUT2D eigenvalue weighted by Crippen LogP contribution is 2.44. The van der Waals surface area contributed by atoms with Crippen LogP contribution in [0.1, 0.15) is 18.9 Å². The van der Waals surface area contributed by atoms with Crippen molar-refractivity contribution in [3.05, 3.63) is 64.4 Å². The minimum Gasteiger partial charge on any atom is -0.476 e. The predicted octanol–water partition coefficient (Wildman–Crippen LogP) is 2.59. The highest BCUT2D eigenvalue weighted by Gasteiger charge is 2.46. The van der Waals surface area contributed by atoms with Crippen LogP contribution in [-0.2, 0) is 4.74 Å². The Labute approximate surface area is 196 Å². The molecule has 1 spiro atoms. The lowest BCUT2D eigenvalue weighted by Gasteiger charge is -2.39. The zero-order chi connectivity index (χ0) is 23.0. The van der Waals surface area contributed by atoms with Crippen LogP contribution in [0, 0.1) is 11.3 Å². The molecule has 1 unspecified atom stereocenters. The number of ether oxygens (including phenoxy) is 2. The fourth-order valence-corrected chi connectivity index (χ4v) is 4.94. The Balaban J connectivity index is 1.48. The average Bonchev–Trinajstić information content (AvgIpc) is 3.25. The number of rotatable bonds is 7. The van der Waals surface area contributed by atoms with Crippen molar-refractivity contribution in [2.45, 2.75) is 13.3 Å². The first-order chi connectivity index (χ1) is 16.0. The number of likely N-dealkylation sites (tertiary alicyclic amines) is 1.